The maximum atomic E-state index is 17.9. The number of aliphatic hydroxyl groups excluding tert-OH is 1. The first kappa shape index (κ1) is 48.5. The Balaban J connectivity index is 1.05. The normalized spacial score (nSPS) is 32.2. The maximum Gasteiger partial charge on any atom is 0.470 e. The first-order valence-corrected chi connectivity index (χ1v) is 23.9. The zero-order valence-corrected chi connectivity index (χ0v) is 38.3. The second-order valence-corrected chi connectivity index (χ2v) is 19.8. The molecule has 1 saturated heterocycles. The van der Waals surface area contributed by atoms with Crippen molar-refractivity contribution >= 4 is 64.7 Å². The van der Waals surface area contributed by atoms with Crippen LogP contribution in [0, 0.1) is 22.7 Å². The molecule has 65 heavy (non-hydrogen) atoms. The average Bonchev–Trinajstić information content (AvgIpc) is 3.75. The number of phosphoric ester groups is 1. The molecule has 20 heteroatoms. The van der Waals surface area contributed by atoms with Crippen LogP contribution < -0.4 is 16.0 Å². The average molecular weight is 989 g/mol. The number of Topliss-reactive ketones (excluding diaryl/α,β-unsaturated/α-hetero) is 1. The zero-order valence-electron chi connectivity index (χ0n) is 35.8. The fraction of sp³-hybridized carbons (Fsp3) is 0.511. The molecular weight excluding hydrogens is 936 g/mol. The highest BCUT2D eigenvalue weighted by Crippen LogP contribution is 2.72. The van der Waals surface area contributed by atoms with Crippen LogP contribution in [0.2, 0.25) is 0 Å². The van der Waals surface area contributed by atoms with E-state index in [0.29, 0.717) is 29.7 Å². The van der Waals surface area contributed by atoms with Crippen molar-refractivity contribution in [2.45, 2.75) is 108 Å². The standard InChI is InChI=1S/C45H52BrFN3O14P/c1-24(48-40(58)33(13-14-38(55)56)50-37(54)22-46)39(57)49-29-10-7-25(8-11-29)17-26-5-4-6-27(18-26)41-63-36-20-32-31-12-9-28-19-30(51)15-16-42(28,2)44(31,47)34(52)21-43(32,3)45(36,64-41)35(53)23-62-65(59,60)61/h4-8,10-11,15-16,18-19,24,31-34,36,41,52H,9,12-14,17,20-23H2,1-3H3,(H,48,58)(H,49,57)(H,50,54)(H,55,56)(H2,59,60,61)/t24-,31-,32-,33-,34-,36+,41+,42-,43-,44-,45+/m0/s1. The number of halogens is 2. The molecule has 5 aliphatic rings. The minimum Gasteiger partial charge on any atom is -0.481 e. The van der Waals surface area contributed by atoms with Gasteiger partial charge in [-0.3, -0.25) is 33.3 Å². The number of allylic oxidation sites excluding steroid dienone is 4. The van der Waals surface area contributed by atoms with Gasteiger partial charge in [0.15, 0.2) is 29.1 Å². The Bertz CT molecular complexity index is 2380. The van der Waals surface area contributed by atoms with Crippen LogP contribution in [-0.4, -0.2) is 103 Å². The lowest BCUT2D eigenvalue weighted by Gasteiger charge is -2.62. The van der Waals surface area contributed by atoms with Crippen molar-refractivity contribution in [2.75, 3.05) is 17.3 Å². The molecule has 3 amide bonds. The molecule has 0 bridgehead atoms. The highest BCUT2D eigenvalue weighted by molar-refractivity contribution is 9.09. The van der Waals surface area contributed by atoms with E-state index >= 15 is 4.39 Å². The lowest BCUT2D eigenvalue weighted by molar-refractivity contribution is -0.231. The SMILES string of the molecule is C[C@H](NC(=O)[C@H](CCC(=O)O)NC(=O)CBr)C(=O)Nc1ccc(Cc2cccc([C@@H]3O[C@@H]4C[C@H]5[C@@H]6CCC7=CC(=O)C=C[C@]7(C)[C@@]6(F)[C@@H](O)C[C@]5(C)[C@]4(C(=O)COP(=O)(O)O)O3)c2)cc1. The Kier molecular flexibility index (Phi) is 13.7. The molecule has 17 nitrogen and oxygen atoms in total. The molecule has 2 aromatic rings. The van der Waals surface area contributed by atoms with E-state index in [1.165, 1.54) is 25.2 Å². The third-order valence-electron chi connectivity index (χ3n) is 14.2. The van der Waals surface area contributed by atoms with Gasteiger partial charge < -0.3 is 45.4 Å². The Morgan fingerprint density at radius 1 is 1.03 bits per heavy atom. The van der Waals surface area contributed by atoms with E-state index in [0.717, 1.165) is 11.1 Å². The largest absolute Gasteiger partial charge is 0.481 e. The fourth-order valence-corrected chi connectivity index (χ4v) is 11.5. The number of carboxylic acid groups (broad SMARTS) is 1. The van der Waals surface area contributed by atoms with Gasteiger partial charge in [0.25, 0.3) is 0 Å². The Hall–Kier alpha value is -4.46. The number of carbonyl (C=O) groups excluding carboxylic acids is 5. The molecular formula is C45H52BrFN3O14P. The molecule has 0 aromatic heterocycles. The highest BCUT2D eigenvalue weighted by Gasteiger charge is 2.79. The van der Waals surface area contributed by atoms with Crippen LogP contribution in [0.15, 0.2) is 72.3 Å². The van der Waals surface area contributed by atoms with Crippen molar-refractivity contribution in [1.29, 1.82) is 0 Å². The molecule has 0 spiro atoms. The van der Waals surface area contributed by atoms with Gasteiger partial charge in [-0.1, -0.05) is 70.9 Å². The molecule has 1 heterocycles. The predicted molar refractivity (Wildman–Crippen MR) is 233 cm³/mol. The summed E-state index contributed by atoms with van der Waals surface area (Å²) in [6, 6.07) is 11.9. The summed E-state index contributed by atoms with van der Waals surface area (Å²) < 4.78 is 47.7. The first-order valence-electron chi connectivity index (χ1n) is 21.3. The number of amides is 3. The predicted octanol–water partition coefficient (Wildman–Crippen LogP) is 4.28. The van der Waals surface area contributed by atoms with Gasteiger partial charge in [0, 0.05) is 34.4 Å². The molecule has 11 atom stereocenters. The van der Waals surface area contributed by atoms with Crippen LogP contribution >= 0.6 is 23.8 Å². The van der Waals surface area contributed by atoms with Gasteiger partial charge in [-0.2, -0.15) is 0 Å². The van der Waals surface area contributed by atoms with Gasteiger partial charge in [0.2, 0.25) is 17.7 Å². The Morgan fingerprint density at radius 2 is 1.75 bits per heavy atom. The number of benzene rings is 2. The monoisotopic (exact) mass is 987 g/mol. The van der Waals surface area contributed by atoms with Crippen LogP contribution in [-0.2, 0) is 53.8 Å². The molecule has 2 aromatic carbocycles. The highest BCUT2D eigenvalue weighted by atomic mass is 79.9. The Labute approximate surface area is 382 Å². The summed E-state index contributed by atoms with van der Waals surface area (Å²) in [6.07, 6.45) is 0.955. The number of ether oxygens (including phenoxy) is 2. The van der Waals surface area contributed by atoms with E-state index < -0.39 is 108 Å². The minimum absolute atomic E-state index is 0.100. The zero-order chi connectivity index (χ0) is 47.3. The van der Waals surface area contributed by atoms with Crippen LogP contribution in [0.1, 0.15) is 82.3 Å². The lowest BCUT2D eigenvalue weighted by Crippen LogP contribution is -2.69. The van der Waals surface area contributed by atoms with E-state index in [2.05, 4.69) is 31.9 Å². The van der Waals surface area contributed by atoms with Crippen molar-refractivity contribution in [3.05, 3.63) is 89.0 Å². The molecule has 4 aliphatic carbocycles. The van der Waals surface area contributed by atoms with Crippen LogP contribution in [0.4, 0.5) is 10.1 Å². The van der Waals surface area contributed by atoms with Gasteiger partial charge in [0.05, 0.1) is 17.5 Å². The summed E-state index contributed by atoms with van der Waals surface area (Å²) in [5.74, 6) is -5.37. The number of aliphatic hydroxyl groups is 1. The third-order valence-corrected chi connectivity index (χ3v) is 15.2. The summed E-state index contributed by atoms with van der Waals surface area (Å²) >= 11 is 2.99. The van der Waals surface area contributed by atoms with E-state index in [1.807, 2.05) is 12.1 Å². The summed E-state index contributed by atoms with van der Waals surface area (Å²) in [6.45, 7) is 3.85. The molecule has 7 N–H and O–H groups in total. The lowest BCUT2D eigenvalue weighted by atomic mass is 9.44. The molecule has 0 unspecified atom stereocenters. The molecule has 4 fully saturated rings. The van der Waals surface area contributed by atoms with E-state index in [-0.39, 0.29) is 43.2 Å². The Morgan fingerprint density at radius 3 is 2.43 bits per heavy atom. The number of phosphoric acid groups is 1. The number of alkyl halides is 2. The van der Waals surface area contributed by atoms with Gasteiger partial charge >= 0.3 is 13.8 Å². The molecule has 3 saturated carbocycles. The van der Waals surface area contributed by atoms with E-state index in [1.54, 1.807) is 50.2 Å². The number of aliphatic carboxylic acids is 1. The molecule has 350 valence electrons. The van der Waals surface area contributed by atoms with Crippen LogP contribution in [0.25, 0.3) is 0 Å². The number of ketones is 2. The topological polar surface area (TPSA) is 264 Å². The molecule has 0 radical (unpaired) electrons. The summed E-state index contributed by atoms with van der Waals surface area (Å²) in [5.41, 5.74) is -3.46. The second kappa shape index (κ2) is 18.3. The second-order valence-electron chi connectivity index (χ2n) is 18.0. The number of anilines is 1. The van der Waals surface area contributed by atoms with E-state index in [9.17, 15) is 48.2 Å². The third kappa shape index (κ3) is 9.06. The van der Waals surface area contributed by atoms with Crippen molar-refractivity contribution in [3.63, 3.8) is 0 Å². The van der Waals surface area contributed by atoms with Crippen molar-refractivity contribution < 1.29 is 71.7 Å². The summed E-state index contributed by atoms with van der Waals surface area (Å²) in [7, 11) is -5.11. The van der Waals surface area contributed by atoms with Crippen LogP contribution in [0.5, 0.6) is 0 Å². The number of hydrogen-bond acceptors (Lipinski definition) is 11. The number of fused-ring (bicyclic) bond motifs is 7. The molecule has 1 aliphatic heterocycles. The van der Waals surface area contributed by atoms with Crippen molar-refractivity contribution in [3.8, 4) is 0 Å². The van der Waals surface area contributed by atoms with Crippen molar-refractivity contribution in [2.24, 2.45) is 22.7 Å². The van der Waals surface area contributed by atoms with Crippen LogP contribution in [0.3, 0.4) is 0 Å². The number of hydrogen-bond donors (Lipinski definition) is 7. The fourth-order valence-electron chi connectivity index (χ4n) is 11.0. The number of rotatable bonds is 16. The minimum atomic E-state index is -5.11. The smallest absolute Gasteiger partial charge is 0.470 e. The number of carbonyl (C=O) groups is 6. The van der Waals surface area contributed by atoms with Gasteiger partial charge in [-0.25, -0.2) is 8.96 Å². The number of nitrogens with one attached hydrogen (secondary N) is 3. The maximum absolute atomic E-state index is 17.9. The van der Waals surface area contributed by atoms with E-state index in [4.69, 9.17) is 19.1 Å². The summed E-state index contributed by atoms with van der Waals surface area (Å²) in [4.78, 5) is 94.7. The number of carboxylic acids is 1. The van der Waals surface area contributed by atoms with Gasteiger partial charge in [0.1, 0.15) is 18.7 Å². The first-order chi connectivity index (χ1) is 30.5. The van der Waals surface area contributed by atoms with Crippen molar-refractivity contribution in [1.82, 2.24) is 10.6 Å². The quantitative estimate of drug-likeness (QED) is 0.0915. The summed E-state index contributed by atoms with van der Waals surface area (Å²) in [5, 5.41) is 28.5. The molecule has 7 rings (SSSR count). The van der Waals surface area contributed by atoms with Gasteiger partial charge in [-0.15, -0.1) is 0 Å². The van der Waals surface area contributed by atoms with Gasteiger partial charge in [-0.05, 0) is 93.7 Å².